The van der Waals surface area contributed by atoms with E-state index in [9.17, 15) is 4.79 Å². The molecule has 1 saturated heterocycles. The molecule has 0 spiro atoms. The Kier molecular flexibility index (Phi) is 4.17. The number of rotatable bonds is 2. The van der Waals surface area contributed by atoms with Crippen molar-refractivity contribution in [3.05, 3.63) is 35.9 Å². The van der Waals surface area contributed by atoms with Crippen LogP contribution in [0.3, 0.4) is 0 Å². The lowest BCUT2D eigenvalue weighted by Gasteiger charge is -2.08. The Balaban J connectivity index is 1.79. The summed E-state index contributed by atoms with van der Waals surface area (Å²) in [6.07, 6.45) is 2.32. The molecule has 0 saturated carbocycles. The predicted octanol–water partition coefficient (Wildman–Crippen LogP) is 0.906. The van der Waals surface area contributed by atoms with Crippen LogP contribution in [0, 0.1) is 11.8 Å². The number of nitrogens with one attached hydrogen (secondary N) is 2. The van der Waals surface area contributed by atoms with E-state index in [1.165, 1.54) is 6.42 Å². The van der Waals surface area contributed by atoms with Gasteiger partial charge in [-0.25, -0.2) is 0 Å². The molecule has 0 aliphatic carbocycles. The maximum absolute atomic E-state index is 11.5. The second-order valence-corrected chi connectivity index (χ2v) is 4.12. The van der Waals surface area contributed by atoms with Crippen molar-refractivity contribution in [2.45, 2.75) is 18.9 Å². The van der Waals surface area contributed by atoms with Crippen molar-refractivity contribution in [1.29, 1.82) is 0 Å². The summed E-state index contributed by atoms with van der Waals surface area (Å²) in [5, 5.41) is 6.14. The average molecular weight is 228 g/mol. The first-order chi connectivity index (χ1) is 8.34. The van der Waals surface area contributed by atoms with Crippen molar-refractivity contribution in [3.8, 4) is 11.8 Å². The first-order valence-electron chi connectivity index (χ1n) is 5.93. The fraction of sp³-hybridized carbons (Fsp3) is 0.357. The Hall–Kier alpha value is -1.79. The molecule has 1 unspecified atom stereocenters. The van der Waals surface area contributed by atoms with E-state index >= 15 is 0 Å². The highest BCUT2D eigenvalue weighted by atomic mass is 16.1. The highest BCUT2D eigenvalue weighted by Crippen LogP contribution is 2.02. The summed E-state index contributed by atoms with van der Waals surface area (Å²) in [6.45, 7) is 1.72. The topological polar surface area (TPSA) is 41.1 Å². The largest absolute Gasteiger partial charge is 0.344 e. The molecule has 0 bridgehead atoms. The zero-order valence-corrected chi connectivity index (χ0v) is 9.70. The summed E-state index contributed by atoms with van der Waals surface area (Å²) in [5.41, 5.74) is 0.863. The third-order valence-electron chi connectivity index (χ3n) is 2.77. The SMILES string of the molecule is O=C(C#Cc1ccccc1)NCC1CCCN1. The maximum atomic E-state index is 11.5. The molecular weight excluding hydrogens is 212 g/mol. The number of hydrogen-bond acceptors (Lipinski definition) is 2. The van der Waals surface area contributed by atoms with Crippen molar-refractivity contribution < 1.29 is 4.79 Å². The molecular formula is C14H16N2O. The molecule has 1 aromatic rings. The molecule has 1 heterocycles. The van der Waals surface area contributed by atoms with Gasteiger partial charge in [0.2, 0.25) is 0 Å². The number of hydrogen-bond donors (Lipinski definition) is 2. The number of amides is 1. The van der Waals surface area contributed by atoms with Crippen molar-refractivity contribution >= 4 is 5.91 Å². The summed E-state index contributed by atoms with van der Waals surface area (Å²) in [5.74, 6) is 5.23. The van der Waals surface area contributed by atoms with E-state index in [2.05, 4.69) is 22.5 Å². The molecule has 1 amide bonds. The standard InChI is InChI=1S/C14H16N2O/c17-14(16-11-13-7-4-10-15-13)9-8-12-5-2-1-3-6-12/h1-3,5-6,13,15H,4,7,10-11H2,(H,16,17). The zero-order chi connectivity index (χ0) is 11.9. The van der Waals surface area contributed by atoms with E-state index in [4.69, 9.17) is 0 Å². The van der Waals surface area contributed by atoms with Gasteiger partial charge in [0.15, 0.2) is 0 Å². The number of carbonyl (C=O) groups is 1. The van der Waals surface area contributed by atoms with E-state index in [1.54, 1.807) is 0 Å². The molecule has 1 aromatic carbocycles. The van der Waals surface area contributed by atoms with Crippen LogP contribution in [-0.4, -0.2) is 25.0 Å². The van der Waals surface area contributed by atoms with E-state index in [0.717, 1.165) is 18.5 Å². The molecule has 2 rings (SSSR count). The van der Waals surface area contributed by atoms with Crippen LogP contribution in [-0.2, 0) is 4.79 Å². The van der Waals surface area contributed by atoms with E-state index in [0.29, 0.717) is 12.6 Å². The van der Waals surface area contributed by atoms with E-state index in [1.807, 2.05) is 30.3 Å². The summed E-state index contributed by atoms with van der Waals surface area (Å²) in [4.78, 5) is 11.5. The Labute approximate surface area is 102 Å². The second-order valence-electron chi connectivity index (χ2n) is 4.12. The zero-order valence-electron chi connectivity index (χ0n) is 9.70. The van der Waals surface area contributed by atoms with Crippen molar-refractivity contribution in [2.75, 3.05) is 13.1 Å². The molecule has 3 nitrogen and oxygen atoms in total. The summed E-state index contributed by atoms with van der Waals surface area (Å²) in [6, 6.07) is 9.93. The summed E-state index contributed by atoms with van der Waals surface area (Å²) in [7, 11) is 0. The van der Waals surface area contributed by atoms with Gasteiger partial charge in [-0.05, 0) is 31.5 Å². The molecule has 1 fully saturated rings. The maximum Gasteiger partial charge on any atom is 0.296 e. The fourth-order valence-electron chi connectivity index (χ4n) is 1.84. The predicted molar refractivity (Wildman–Crippen MR) is 67.4 cm³/mol. The normalized spacial score (nSPS) is 18.2. The Bertz CT molecular complexity index is 425. The minimum absolute atomic E-state index is 0.206. The number of benzene rings is 1. The Morgan fingerprint density at radius 3 is 2.94 bits per heavy atom. The minimum atomic E-state index is -0.206. The van der Waals surface area contributed by atoms with Crippen LogP contribution in [0.25, 0.3) is 0 Å². The van der Waals surface area contributed by atoms with Gasteiger partial charge in [0.25, 0.3) is 5.91 Å². The molecule has 1 atom stereocenters. The van der Waals surface area contributed by atoms with Gasteiger partial charge in [-0.2, -0.15) is 0 Å². The fourth-order valence-corrected chi connectivity index (χ4v) is 1.84. The molecule has 1 aliphatic heterocycles. The molecule has 88 valence electrons. The quantitative estimate of drug-likeness (QED) is 0.739. The number of carbonyl (C=O) groups excluding carboxylic acids is 1. The van der Waals surface area contributed by atoms with Crippen molar-refractivity contribution in [3.63, 3.8) is 0 Å². The molecule has 2 N–H and O–H groups in total. The molecule has 0 aromatic heterocycles. The van der Waals surface area contributed by atoms with Gasteiger partial charge in [-0.15, -0.1) is 0 Å². The summed E-state index contributed by atoms with van der Waals surface area (Å²) < 4.78 is 0. The Morgan fingerprint density at radius 1 is 1.41 bits per heavy atom. The van der Waals surface area contributed by atoms with Gasteiger partial charge in [-0.3, -0.25) is 4.79 Å². The van der Waals surface area contributed by atoms with Gasteiger partial charge < -0.3 is 10.6 Å². The summed E-state index contributed by atoms with van der Waals surface area (Å²) >= 11 is 0. The first-order valence-corrected chi connectivity index (χ1v) is 5.93. The van der Waals surface area contributed by atoms with E-state index in [-0.39, 0.29) is 5.91 Å². The lowest BCUT2D eigenvalue weighted by Crippen LogP contribution is -2.36. The highest BCUT2D eigenvalue weighted by molar-refractivity contribution is 5.94. The van der Waals surface area contributed by atoms with Crippen LogP contribution < -0.4 is 10.6 Å². The second kappa shape index (κ2) is 6.07. The monoisotopic (exact) mass is 228 g/mol. The van der Waals surface area contributed by atoms with Crippen LogP contribution in [0.5, 0.6) is 0 Å². The van der Waals surface area contributed by atoms with Crippen LogP contribution in [0.2, 0.25) is 0 Å². The van der Waals surface area contributed by atoms with Gasteiger partial charge in [0.05, 0.1) is 0 Å². The van der Waals surface area contributed by atoms with Crippen LogP contribution in [0.4, 0.5) is 0 Å². The van der Waals surface area contributed by atoms with Gasteiger partial charge in [-0.1, -0.05) is 24.1 Å². The van der Waals surface area contributed by atoms with Crippen molar-refractivity contribution in [2.24, 2.45) is 0 Å². The molecule has 17 heavy (non-hydrogen) atoms. The third kappa shape index (κ3) is 3.93. The van der Waals surface area contributed by atoms with Crippen LogP contribution >= 0.6 is 0 Å². The average Bonchev–Trinajstić information content (AvgIpc) is 2.88. The molecule has 3 heteroatoms. The lowest BCUT2D eigenvalue weighted by molar-refractivity contribution is -0.115. The smallest absolute Gasteiger partial charge is 0.296 e. The third-order valence-corrected chi connectivity index (χ3v) is 2.77. The van der Waals surface area contributed by atoms with Crippen LogP contribution in [0.15, 0.2) is 30.3 Å². The van der Waals surface area contributed by atoms with Gasteiger partial charge in [0, 0.05) is 24.1 Å². The molecule has 1 aliphatic rings. The Morgan fingerprint density at radius 2 is 2.24 bits per heavy atom. The van der Waals surface area contributed by atoms with Gasteiger partial charge in [0.1, 0.15) is 0 Å². The van der Waals surface area contributed by atoms with Gasteiger partial charge >= 0.3 is 0 Å². The minimum Gasteiger partial charge on any atom is -0.344 e. The lowest BCUT2D eigenvalue weighted by atomic mass is 10.2. The van der Waals surface area contributed by atoms with E-state index < -0.39 is 0 Å². The first kappa shape index (κ1) is 11.7. The molecule has 0 radical (unpaired) electrons. The highest BCUT2D eigenvalue weighted by Gasteiger charge is 2.13. The van der Waals surface area contributed by atoms with Crippen LogP contribution in [0.1, 0.15) is 18.4 Å². The van der Waals surface area contributed by atoms with Crippen molar-refractivity contribution in [1.82, 2.24) is 10.6 Å².